The number of nitrogens with one attached hydrogen (secondary N) is 1. The van der Waals surface area contributed by atoms with E-state index in [1.54, 1.807) is 11.0 Å². The number of ether oxygens (including phenoxy) is 1. The van der Waals surface area contributed by atoms with E-state index in [1.165, 1.54) is 0 Å². The molecular formula is C7H12N4O. The Balaban J connectivity index is 1.79. The van der Waals surface area contributed by atoms with Gasteiger partial charge < -0.3 is 10.1 Å². The molecule has 0 aliphatic carbocycles. The quantitative estimate of drug-likeness (QED) is 0.648. The Bertz CT molecular complexity index is 256. The fourth-order valence-electron chi connectivity index (χ4n) is 1.05. The third-order valence-corrected chi connectivity index (χ3v) is 1.83. The van der Waals surface area contributed by atoms with Crippen molar-refractivity contribution in [1.82, 2.24) is 20.1 Å². The van der Waals surface area contributed by atoms with Gasteiger partial charge in [-0.1, -0.05) is 0 Å². The molecule has 2 rings (SSSR count). The van der Waals surface area contributed by atoms with E-state index in [-0.39, 0.29) is 0 Å². The number of rotatable bonds is 3. The molecule has 5 nitrogen and oxygen atoms in total. The van der Waals surface area contributed by atoms with Crippen molar-refractivity contribution in [3.05, 3.63) is 12.2 Å². The highest BCUT2D eigenvalue weighted by Gasteiger charge is 2.17. The molecule has 0 spiro atoms. The molecule has 1 fully saturated rings. The first-order valence-electron chi connectivity index (χ1n) is 4.00. The molecule has 0 unspecified atom stereocenters. The zero-order valence-corrected chi connectivity index (χ0v) is 7.03. The molecule has 1 aromatic rings. The van der Waals surface area contributed by atoms with Crippen LogP contribution in [-0.4, -0.2) is 34.0 Å². The van der Waals surface area contributed by atoms with E-state index in [9.17, 15) is 0 Å². The lowest BCUT2D eigenvalue weighted by atomic mass is 10.2. The summed E-state index contributed by atoms with van der Waals surface area (Å²) in [5.41, 5.74) is 0. The van der Waals surface area contributed by atoms with Crippen molar-refractivity contribution in [2.45, 2.75) is 12.6 Å². The van der Waals surface area contributed by atoms with Crippen LogP contribution in [0.1, 0.15) is 5.82 Å². The van der Waals surface area contributed by atoms with E-state index in [4.69, 9.17) is 4.74 Å². The first-order valence-corrected chi connectivity index (χ1v) is 4.00. The van der Waals surface area contributed by atoms with E-state index >= 15 is 0 Å². The van der Waals surface area contributed by atoms with Gasteiger partial charge in [0.25, 0.3) is 0 Å². The third kappa shape index (κ3) is 1.62. The highest BCUT2D eigenvalue weighted by atomic mass is 16.5. The van der Waals surface area contributed by atoms with Crippen LogP contribution in [0.3, 0.4) is 0 Å². The van der Waals surface area contributed by atoms with Gasteiger partial charge in [0.05, 0.1) is 25.8 Å². The minimum atomic E-state index is 0.494. The zero-order valence-electron chi connectivity index (χ0n) is 7.03. The summed E-state index contributed by atoms with van der Waals surface area (Å²) < 4.78 is 6.72. The summed E-state index contributed by atoms with van der Waals surface area (Å²) >= 11 is 0. The van der Waals surface area contributed by atoms with Gasteiger partial charge in [0, 0.05) is 7.05 Å². The second-order valence-corrected chi connectivity index (χ2v) is 2.95. The van der Waals surface area contributed by atoms with Gasteiger partial charge in [-0.25, -0.2) is 4.98 Å². The number of hydrogen-bond donors (Lipinski definition) is 1. The Morgan fingerprint density at radius 3 is 3.08 bits per heavy atom. The molecular weight excluding hydrogens is 156 g/mol. The Kier molecular flexibility index (Phi) is 2.05. The van der Waals surface area contributed by atoms with Gasteiger partial charge in [-0.2, -0.15) is 5.10 Å². The van der Waals surface area contributed by atoms with Crippen LogP contribution in [0.25, 0.3) is 0 Å². The molecule has 0 bridgehead atoms. The molecule has 0 saturated carbocycles. The summed E-state index contributed by atoms with van der Waals surface area (Å²) in [6.45, 7) is 2.36. The highest BCUT2D eigenvalue weighted by Crippen LogP contribution is 2.00. The Morgan fingerprint density at radius 1 is 1.75 bits per heavy atom. The van der Waals surface area contributed by atoms with Crippen molar-refractivity contribution in [2.75, 3.05) is 13.2 Å². The van der Waals surface area contributed by atoms with Gasteiger partial charge in [-0.05, 0) is 0 Å². The fraction of sp³-hybridized carbons (Fsp3) is 0.714. The molecule has 12 heavy (non-hydrogen) atoms. The predicted molar refractivity (Wildman–Crippen MR) is 42.4 cm³/mol. The molecule has 0 radical (unpaired) electrons. The maximum Gasteiger partial charge on any atom is 0.164 e. The molecule has 0 atom stereocenters. The maximum absolute atomic E-state index is 5.02. The zero-order chi connectivity index (χ0) is 8.39. The monoisotopic (exact) mass is 168 g/mol. The van der Waals surface area contributed by atoms with Gasteiger partial charge in [-0.3, -0.25) is 4.68 Å². The Labute approximate surface area is 70.7 Å². The SMILES string of the molecule is Cn1cnc(CNC2COC2)n1. The number of aromatic nitrogens is 3. The lowest BCUT2D eigenvalue weighted by Gasteiger charge is -2.26. The van der Waals surface area contributed by atoms with Crippen molar-refractivity contribution in [3.63, 3.8) is 0 Å². The van der Waals surface area contributed by atoms with Crippen LogP contribution in [0.5, 0.6) is 0 Å². The van der Waals surface area contributed by atoms with Gasteiger partial charge in [0.2, 0.25) is 0 Å². The summed E-state index contributed by atoms with van der Waals surface area (Å²) in [6.07, 6.45) is 1.70. The molecule has 1 aliphatic heterocycles. The largest absolute Gasteiger partial charge is 0.378 e. The molecule has 2 heterocycles. The van der Waals surface area contributed by atoms with E-state index in [1.807, 2.05) is 7.05 Å². The maximum atomic E-state index is 5.02. The molecule has 0 aromatic carbocycles. The molecule has 1 saturated heterocycles. The number of hydrogen-bond acceptors (Lipinski definition) is 4. The van der Waals surface area contributed by atoms with Gasteiger partial charge >= 0.3 is 0 Å². The normalized spacial score (nSPS) is 17.8. The van der Waals surface area contributed by atoms with Crippen molar-refractivity contribution in [2.24, 2.45) is 7.05 Å². The summed E-state index contributed by atoms with van der Waals surface area (Å²) in [7, 11) is 1.86. The Hall–Kier alpha value is -0.940. The van der Waals surface area contributed by atoms with Crippen LogP contribution in [0, 0.1) is 0 Å². The van der Waals surface area contributed by atoms with Crippen LogP contribution in [0.4, 0.5) is 0 Å². The second kappa shape index (κ2) is 3.20. The smallest absolute Gasteiger partial charge is 0.164 e. The molecule has 5 heteroatoms. The minimum absolute atomic E-state index is 0.494. The average molecular weight is 168 g/mol. The predicted octanol–water partition coefficient (Wildman–Crippen LogP) is -0.696. The second-order valence-electron chi connectivity index (χ2n) is 2.95. The van der Waals surface area contributed by atoms with E-state index in [0.29, 0.717) is 6.04 Å². The standard InChI is InChI=1S/C7H12N4O/c1-11-5-9-7(10-11)2-8-6-3-12-4-6/h5-6,8H,2-4H2,1H3. The minimum Gasteiger partial charge on any atom is -0.378 e. The van der Waals surface area contributed by atoms with Crippen molar-refractivity contribution in [1.29, 1.82) is 0 Å². The summed E-state index contributed by atoms with van der Waals surface area (Å²) in [4.78, 5) is 4.09. The first-order chi connectivity index (χ1) is 5.84. The van der Waals surface area contributed by atoms with Crippen molar-refractivity contribution in [3.8, 4) is 0 Å². The first kappa shape index (κ1) is 7.70. The van der Waals surface area contributed by atoms with E-state index in [2.05, 4.69) is 15.4 Å². The topological polar surface area (TPSA) is 52.0 Å². The number of aryl methyl sites for hydroxylation is 1. The molecule has 1 N–H and O–H groups in total. The van der Waals surface area contributed by atoms with Crippen LogP contribution in [0.2, 0.25) is 0 Å². The van der Waals surface area contributed by atoms with Crippen molar-refractivity contribution >= 4 is 0 Å². The molecule has 1 aliphatic rings. The van der Waals surface area contributed by atoms with Crippen molar-refractivity contribution < 1.29 is 4.74 Å². The summed E-state index contributed by atoms with van der Waals surface area (Å²) in [6, 6.07) is 0.494. The molecule has 0 amide bonds. The molecule has 1 aromatic heterocycles. The highest BCUT2D eigenvalue weighted by molar-refractivity contribution is 4.83. The van der Waals surface area contributed by atoms with Crippen LogP contribution in [0.15, 0.2) is 6.33 Å². The third-order valence-electron chi connectivity index (χ3n) is 1.83. The van der Waals surface area contributed by atoms with Crippen LogP contribution >= 0.6 is 0 Å². The van der Waals surface area contributed by atoms with E-state index < -0.39 is 0 Å². The summed E-state index contributed by atoms with van der Waals surface area (Å²) in [5.74, 6) is 0.837. The summed E-state index contributed by atoms with van der Waals surface area (Å²) in [5, 5.41) is 7.43. The average Bonchev–Trinajstić information content (AvgIpc) is 2.32. The lowest BCUT2D eigenvalue weighted by molar-refractivity contribution is -0.00604. The van der Waals surface area contributed by atoms with Crippen LogP contribution in [-0.2, 0) is 18.3 Å². The van der Waals surface area contributed by atoms with Gasteiger partial charge in [-0.15, -0.1) is 0 Å². The van der Waals surface area contributed by atoms with E-state index in [0.717, 1.165) is 25.6 Å². The Morgan fingerprint density at radius 2 is 2.58 bits per heavy atom. The van der Waals surface area contributed by atoms with Gasteiger partial charge in [0.15, 0.2) is 5.82 Å². The number of nitrogens with zero attached hydrogens (tertiary/aromatic N) is 3. The lowest BCUT2D eigenvalue weighted by Crippen LogP contribution is -2.45. The molecule has 66 valence electrons. The van der Waals surface area contributed by atoms with Crippen LogP contribution < -0.4 is 5.32 Å². The van der Waals surface area contributed by atoms with Gasteiger partial charge in [0.1, 0.15) is 6.33 Å². The fourth-order valence-corrected chi connectivity index (χ4v) is 1.05.